The van der Waals surface area contributed by atoms with Gasteiger partial charge in [-0.15, -0.1) is 0 Å². The third-order valence-electron chi connectivity index (χ3n) is 7.46. The molecule has 218 valence electrons. The van der Waals surface area contributed by atoms with Crippen molar-refractivity contribution in [2.75, 3.05) is 11.9 Å². The van der Waals surface area contributed by atoms with Gasteiger partial charge in [-0.05, 0) is 105 Å². The van der Waals surface area contributed by atoms with Gasteiger partial charge < -0.3 is 15.2 Å². The number of para-hydroxylation sites is 1. The molecule has 5 nitrogen and oxygen atoms in total. The van der Waals surface area contributed by atoms with Gasteiger partial charge in [-0.1, -0.05) is 70.0 Å². The van der Waals surface area contributed by atoms with Crippen LogP contribution >= 0.6 is 0 Å². The quantitative estimate of drug-likeness (QED) is 0.275. The zero-order valence-electron chi connectivity index (χ0n) is 25.8. The molecule has 0 heterocycles. The number of allylic oxidation sites excluding steroid dienone is 4. The molecule has 0 saturated carbocycles. The second-order valence-electron chi connectivity index (χ2n) is 11.4. The van der Waals surface area contributed by atoms with Gasteiger partial charge in [-0.25, -0.2) is 0 Å². The van der Waals surface area contributed by atoms with Crippen LogP contribution in [0.1, 0.15) is 99.3 Å². The number of hydrogen-bond acceptors (Lipinski definition) is 3. The van der Waals surface area contributed by atoms with Crippen molar-refractivity contribution in [3.05, 3.63) is 81.4 Å². The van der Waals surface area contributed by atoms with Crippen LogP contribution in [0.25, 0.3) is 0 Å². The lowest BCUT2D eigenvalue weighted by Gasteiger charge is -2.18. The second-order valence-corrected chi connectivity index (χ2v) is 11.4. The Bertz CT molecular complexity index is 1220. The first-order valence-corrected chi connectivity index (χ1v) is 14.7. The maximum atomic E-state index is 12.8. The van der Waals surface area contributed by atoms with Crippen molar-refractivity contribution in [1.82, 2.24) is 0 Å². The van der Waals surface area contributed by atoms with Gasteiger partial charge >= 0.3 is 5.97 Å². The smallest absolute Gasteiger partial charge is 0.303 e. The van der Waals surface area contributed by atoms with Crippen LogP contribution in [-0.2, 0) is 11.2 Å². The van der Waals surface area contributed by atoms with Crippen LogP contribution in [0.4, 0.5) is 5.69 Å². The highest BCUT2D eigenvalue weighted by Gasteiger charge is 2.16. The van der Waals surface area contributed by atoms with Crippen LogP contribution in [0.15, 0.2) is 53.6 Å². The molecule has 0 aliphatic heterocycles. The summed E-state index contributed by atoms with van der Waals surface area (Å²) in [6, 6.07) is 9.01. The van der Waals surface area contributed by atoms with Crippen molar-refractivity contribution < 1.29 is 19.4 Å². The highest BCUT2D eigenvalue weighted by Crippen LogP contribution is 2.29. The normalized spacial score (nSPS) is 12.8. The van der Waals surface area contributed by atoms with Crippen molar-refractivity contribution in [1.29, 1.82) is 0 Å². The maximum Gasteiger partial charge on any atom is 0.303 e. The number of carbonyl (C=O) groups excluding carboxylic acids is 1. The Morgan fingerprint density at radius 3 is 2.27 bits per heavy atom. The van der Waals surface area contributed by atoms with Gasteiger partial charge in [0, 0.05) is 12.1 Å². The van der Waals surface area contributed by atoms with Crippen molar-refractivity contribution in [3.8, 4) is 5.75 Å². The zero-order chi connectivity index (χ0) is 29.8. The van der Waals surface area contributed by atoms with E-state index in [1.165, 1.54) is 30.4 Å². The molecule has 0 radical (unpaired) electrons. The van der Waals surface area contributed by atoms with Gasteiger partial charge in [0.1, 0.15) is 5.75 Å². The minimum atomic E-state index is -0.860. The summed E-state index contributed by atoms with van der Waals surface area (Å²) in [5.74, 6) is 0.894. The minimum absolute atomic E-state index is 0.0376. The predicted octanol–water partition coefficient (Wildman–Crippen LogP) is 9.01. The fourth-order valence-corrected chi connectivity index (χ4v) is 5.06. The first kappa shape index (κ1) is 32.9. The van der Waals surface area contributed by atoms with Crippen LogP contribution < -0.4 is 10.1 Å². The molecule has 1 aliphatic carbocycles. The van der Waals surface area contributed by atoms with Crippen LogP contribution in [-0.4, -0.2) is 23.6 Å². The Balaban J connectivity index is 0.000000360. The fourth-order valence-electron chi connectivity index (χ4n) is 5.06. The lowest BCUT2D eigenvalue weighted by atomic mass is 9.88. The average Bonchev–Trinajstić information content (AvgIpc) is 2.90. The molecular formula is C35H49NO4. The van der Waals surface area contributed by atoms with Crippen molar-refractivity contribution >= 4 is 17.6 Å². The van der Waals surface area contributed by atoms with E-state index in [2.05, 4.69) is 65.9 Å². The first-order chi connectivity index (χ1) is 18.9. The number of hydrogen-bond donors (Lipinski definition) is 2. The number of aryl methyl sites for hydroxylation is 1. The topological polar surface area (TPSA) is 75.6 Å². The molecule has 0 unspecified atom stereocenters. The molecule has 2 N–H and O–H groups in total. The molecule has 0 saturated heterocycles. The Kier molecular flexibility index (Phi) is 13.2. The molecular weight excluding hydrogens is 498 g/mol. The number of carboxylic acids is 1. The summed E-state index contributed by atoms with van der Waals surface area (Å²) in [5, 5.41) is 11.7. The second kappa shape index (κ2) is 16.1. The molecule has 1 aliphatic rings. The number of amides is 1. The highest BCUT2D eigenvalue weighted by molar-refractivity contribution is 6.06. The van der Waals surface area contributed by atoms with E-state index in [1.807, 2.05) is 13.0 Å². The van der Waals surface area contributed by atoms with E-state index in [1.54, 1.807) is 35.4 Å². The van der Waals surface area contributed by atoms with E-state index in [9.17, 15) is 9.59 Å². The van der Waals surface area contributed by atoms with Crippen LogP contribution in [0, 0.1) is 32.6 Å². The van der Waals surface area contributed by atoms with Gasteiger partial charge in [0.2, 0.25) is 0 Å². The molecule has 2 aromatic carbocycles. The van der Waals surface area contributed by atoms with E-state index in [4.69, 9.17) is 9.84 Å². The van der Waals surface area contributed by atoms with Crippen molar-refractivity contribution in [2.45, 2.75) is 93.9 Å². The molecule has 0 fully saturated rings. The number of benzene rings is 2. The number of carboxylic acid groups (broad SMARTS) is 1. The van der Waals surface area contributed by atoms with Gasteiger partial charge in [0.05, 0.1) is 12.2 Å². The molecule has 0 aromatic heterocycles. The summed E-state index contributed by atoms with van der Waals surface area (Å²) in [6.45, 7) is 17.7. The number of rotatable bonds is 11. The summed E-state index contributed by atoms with van der Waals surface area (Å²) in [5.41, 5.74) is 9.22. The average molecular weight is 548 g/mol. The van der Waals surface area contributed by atoms with Gasteiger partial charge in [0.25, 0.3) is 5.91 Å². The minimum Gasteiger partial charge on any atom is -0.493 e. The van der Waals surface area contributed by atoms with E-state index in [0.717, 1.165) is 35.1 Å². The number of carbonyl (C=O) groups is 2. The summed E-state index contributed by atoms with van der Waals surface area (Å²) in [4.78, 5) is 23.4. The lowest BCUT2D eigenvalue weighted by molar-refractivity contribution is -0.137. The predicted molar refractivity (Wildman–Crippen MR) is 166 cm³/mol. The van der Waals surface area contributed by atoms with Crippen molar-refractivity contribution in [3.63, 3.8) is 0 Å². The monoisotopic (exact) mass is 547 g/mol. The van der Waals surface area contributed by atoms with Crippen LogP contribution in [0.3, 0.4) is 0 Å². The summed E-state index contributed by atoms with van der Waals surface area (Å²) < 4.78 is 5.64. The molecule has 3 rings (SSSR count). The molecule has 2 aromatic rings. The largest absolute Gasteiger partial charge is 0.493 e. The van der Waals surface area contributed by atoms with Crippen LogP contribution in [0.5, 0.6) is 5.75 Å². The Morgan fingerprint density at radius 2 is 1.70 bits per heavy atom. The molecule has 1 amide bonds. The summed E-state index contributed by atoms with van der Waals surface area (Å²) >= 11 is 0. The van der Waals surface area contributed by atoms with E-state index in [-0.39, 0.29) is 18.9 Å². The Hall–Kier alpha value is -3.34. The van der Waals surface area contributed by atoms with E-state index < -0.39 is 5.97 Å². The SMILES string of the molecule is CC(C)CC1=CC=C(C(C)C)CC1.CCc1c(C)cc(NC(=O)c2ccccc2OCCCC(=O)O)c(C)c1C. The van der Waals surface area contributed by atoms with Gasteiger partial charge in [-0.2, -0.15) is 0 Å². The number of ether oxygens (including phenoxy) is 1. The van der Waals surface area contributed by atoms with E-state index >= 15 is 0 Å². The van der Waals surface area contributed by atoms with Gasteiger partial charge in [0.15, 0.2) is 0 Å². The number of anilines is 1. The van der Waals surface area contributed by atoms with Crippen LogP contribution in [0.2, 0.25) is 0 Å². The summed E-state index contributed by atoms with van der Waals surface area (Å²) in [6.07, 6.45) is 9.93. The first-order valence-electron chi connectivity index (χ1n) is 14.7. The Morgan fingerprint density at radius 1 is 1.00 bits per heavy atom. The zero-order valence-corrected chi connectivity index (χ0v) is 25.8. The molecule has 0 spiro atoms. The number of aliphatic carboxylic acids is 1. The third-order valence-corrected chi connectivity index (χ3v) is 7.46. The number of nitrogens with one attached hydrogen (secondary N) is 1. The third kappa shape index (κ3) is 10.0. The maximum absolute atomic E-state index is 12.8. The van der Waals surface area contributed by atoms with Gasteiger partial charge in [-0.3, -0.25) is 9.59 Å². The summed E-state index contributed by atoms with van der Waals surface area (Å²) in [7, 11) is 0. The highest BCUT2D eigenvalue weighted by atomic mass is 16.5. The molecule has 5 heteroatoms. The standard InChI is InChI=1S/C22H27NO4.C13H22/c1-5-17-14(2)13-19(16(4)15(17)3)23-22(26)18-9-6-7-10-20(18)27-12-8-11-21(24)25;1-10(2)9-12-5-7-13(8-6-12)11(3)4/h6-7,9-10,13H,5,8,11-12H2,1-4H3,(H,23,26)(H,24,25);5,7,10-11H,6,8-9H2,1-4H3. The Labute approximate surface area is 241 Å². The molecule has 0 bridgehead atoms. The fraction of sp³-hybridized carbons (Fsp3) is 0.486. The van der Waals surface area contributed by atoms with Crippen molar-refractivity contribution in [2.24, 2.45) is 11.8 Å². The molecule has 0 atom stereocenters. The lowest BCUT2D eigenvalue weighted by Crippen LogP contribution is -2.15. The van der Waals surface area contributed by atoms with E-state index in [0.29, 0.717) is 17.7 Å². The molecule has 40 heavy (non-hydrogen) atoms.